The Morgan fingerprint density at radius 3 is 2.75 bits per heavy atom. The molecule has 3 aliphatic rings. The normalized spacial score (nSPS) is 21.4. The summed E-state index contributed by atoms with van der Waals surface area (Å²) in [5.41, 5.74) is 6.01. The minimum Gasteiger partial charge on any atom is -0.507 e. The highest BCUT2D eigenvalue weighted by molar-refractivity contribution is 5.97. The van der Waals surface area contributed by atoms with Gasteiger partial charge in [-0.1, -0.05) is 30.4 Å². The van der Waals surface area contributed by atoms with Gasteiger partial charge in [-0.2, -0.15) is 0 Å². The van der Waals surface area contributed by atoms with Crippen LogP contribution in [0.5, 0.6) is 5.75 Å². The molecule has 0 bridgehead atoms. The van der Waals surface area contributed by atoms with E-state index in [-0.39, 0.29) is 0 Å². The Balaban J connectivity index is 1.77. The number of ether oxygens (including phenoxy) is 2. The predicted octanol–water partition coefficient (Wildman–Crippen LogP) is 4.26. The predicted molar refractivity (Wildman–Crippen MR) is 94.0 cm³/mol. The Bertz CT molecular complexity index is 914. The topological polar surface area (TPSA) is 38.7 Å². The van der Waals surface area contributed by atoms with E-state index in [4.69, 9.17) is 9.47 Å². The number of hydrogen-bond acceptors (Lipinski definition) is 3. The van der Waals surface area contributed by atoms with Crippen molar-refractivity contribution in [3.05, 3.63) is 58.7 Å². The van der Waals surface area contributed by atoms with E-state index in [1.54, 1.807) is 0 Å². The van der Waals surface area contributed by atoms with Crippen LogP contribution in [0.3, 0.4) is 0 Å². The van der Waals surface area contributed by atoms with Crippen LogP contribution in [0.15, 0.2) is 42.0 Å². The molecule has 0 saturated carbocycles. The van der Waals surface area contributed by atoms with Crippen molar-refractivity contribution in [1.29, 1.82) is 0 Å². The van der Waals surface area contributed by atoms with Crippen LogP contribution < -0.4 is 0 Å². The third-order valence-corrected chi connectivity index (χ3v) is 5.47. The van der Waals surface area contributed by atoms with Crippen molar-refractivity contribution in [3.8, 4) is 5.75 Å². The Hall–Kier alpha value is -2.10. The van der Waals surface area contributed by atoms with Gasteiger partial charge >= 0.3 is 0 Å². The van der Waals surface area contributed by atoms with Crippen molar-refractivity contribution in [2.45, 2.75) is 32.0 Å². The van der Waals surface area contributed by atoms with E-state index in [1.165, 1.54) is 22.3 Å². The highest BCUT2D eigenvalue weighted by Crippen LogP contribution is 2.48. The number of benzene rings is 2. The summed E-state index contributed by atoms with van der Waals surface area (Å²) < 4.78 is 12.0. The number of aromatic hydroxyl groups is 1. The summed E-state index contributed by atoms with van der Waals surface area (Å²) in [4.78, 5) is 0. The molecule has 1 heterocycles. The van der Waals surface area contributed by atoms with Gasteiger partial charge in [0, 0.05) is 11.8 Å². The van der Waals surface area contributed by atoms with Crippen molar-refractivity contribution in [2.75, 3.05) is 13.2 Å². The van der Waals surface area contributed by atoms with E-state index < -0.39 is 5.79 Å². The first-order chi connectivity index (χ1) is 11.7. The zero-order chi connectivity index (χ0) is 16.3. The van der Waals surface area contributed by atoms with Crippen molar-refractivity contribution in [1.82, 2.24) is 0 Å². The number of phenolic OH excluding ortho intramolecular Hbond substituents is 1. The maximum absolute atomic E-state index is 10.5. The zero-order valence-corrected chi connectivity index (χ0v) is 13.8. The SMILES string of the molecule is Cc1cc(O)c2c3c(ccc2c1)C1=C(CC3)C2(CC=C1)OCCO2. The number of fused-ring (bicyclic) bond motifs is 5. The molecule has 1 spiro atoms. The molecule has 5 rings (SSSR count). The minimum atomic E-state index is -0.550. The maximum Gasteiger partial charge on any atom is 0.195 e. The van der Waals surface area contributed by atoms with Crippen molar-refractivity contribution in [2.24, 2.45) is 0 Å². The second-order valence-electron chi connectivity index (χ2n) is 6.92. The first-order valence-corrected chi connectivity index (χ1v) is 8.62. The number of allylic oxidation sites excluding steroid dienone is 2. The van der Waals surface area contributed by atoms with Crippen LogP contribution in [-0.4, -0.2) is 24.1 Å². The lowest BCUT2D eigenvalue weighted by atomic mass is 9.77. The van der Waals surface area contributed by atoms with Crippen LogP contribution >= 0.6 is 0 Å². The molecule has 0 unspecified atom stereocenters. The minimum absolute atomic E-state index is 0.383. The fourth-order valence-corrected chi connectivity index (χ4v) is 4.51. The standard InChI is InChI=1S/C21H20O3/c1-13-11-14-4-5-15-16-3-2-8-21(23-9-10-24-21)18(16)7-6-17(15)20(14)19(22)12-13/h2-5,11-12,22H,6-10H2,1H3. The Morgan fingerprint density at radius 1 is 1.08 bits per heavy atom. The molecule has 0 radical (unpaired) electrons. The molecule has 122 valence electrons. The first-order valence-electron chi connectivity index (χ1n) is 8.62. The van der Waals surface area contributed by atoms with E-state index in [0.29, 0.717) is 19.0 Å². The van der Waals surface area contributed by atoms with E-state index >= 15 is 0 Å². The number of hydrogen-bond donors (Lipinski definition) is 1. The molecule has 1 N–H and O–H groups in total. The van der Waals surface area contributed by atoms with Crippen molar-refractivity contribution >= 4 is 16.3 Å². The lowest BCUT2D eigenvalue weighted by Crippen LogP contribution is -2.35. The van der Waals surface area contributed by atoms with Gasteiger partial charge in [0.1, 0.15) is 5.75 Å². The van der Waals surface area contributed by atoms with Crippen LogP contribution in [0.25, 0.3) is 16.3 Å². The van der Waals surface area contributed by atoms with Crippen LogP contribution in [0.4, 0.5) is 0 Å². The van der Waals surface area contributed by atoms with Gasteiger partial charge in [0.2, 0.25) is 0 Å². The molecular formula is C21H20O3. The van der Waals surface area contributed by atoms with Gasteiger partial charge < -0.3 is 14.6 Å². The largest absolute Gasteiger partial charge is 0.507 e. The molecule has 3 heteroatoms. The second-order valence-corrected chi connectivity index (χ2v) is 6.92. The third kappa shape index (κ3) is 1.86. The molecule has 24 heavy (non-hydrogen) atoms. The number of phenols is 1. The Kier molecular flexibility index (Phi) is 2.94. The molecule has 2 aromatic carbocycles. The van der Waals surface area contributed by atoms with Gasteiger partial charge in [-0.15, -0.1) is 0 Å². The van der Waals surface area contributed by atoms with Crippen LogP contribution in [0.2, 0.25) is 0 Å². The molecule has 0 amide bonds. The summed E-state index contributed by atoms with van der Waals surface area (Å²) >= 11 is 0. The summed E-state index contributed by atoms with van der Waals surface area (Å²) in [7, 11) is 0. The fourth-order valence-electron chi connectivity index (χ4n) is 4.51. The molecule has 1 aliphatic heterocycles. The van der Waals surface area contributed by atoms with Crippen molar-refractivity contribution < 1.29 is 14.6 Å². The second kappa shape index (κ2) is 4.95. The average Bonchev–Trinajstić information content (AvgIpc) is 3.03. The third-order valence-electron chi connectivity index (χ3n) is 5.47. The molecule has 2 aromatic rings. The summed E-state index contributed by atoms with van der Waals surface area (Å²) in [6, 6.07) is 8.29. The molecule has 3 nitrogen and oxygen atoms in total. The van der Waals surface area contributed by atoms with Gasteiger partial charge in [0.15, 0.2) is 5.79 Å². The van der Waals surface area contributed by atoms with Crippen molar-refractivity contribution in [3.63, 3.8) is 0 Å². The first kappa shape index (κ1) is 14.3. The number of rotatable bonds is 0. The monoisotopic (exact) mass is 320 g/mol. The lowest BCUT2D eigenvalue weighted by Gasteiger charge is -2.36. The van der Waals surface area contributed by atoms with Crippen LogP contribution in [-0.2, 0) is 15.9 Å². The van der Waals surface area contributed by atoms with Gasteiger partial charge in [-0.3, -0.25) is 0 Å². The van der Waals surface area contributed by atoms with E-state index in [9.17, 15) is 5.11 Å². The highest BCUT2D eigenvalue weighted by atomic mass is 16.7. The summed E-state index contributed by atoms with van der Waals surface area (Å²) in [6.45, 7) is 3.34. The zero-order valence-electron chi connectivity index (χ0n) is 13.8. The van der Waals surface area contributed by atoms with Crippen LogP contribution in [0.1, 0.15) is 29.5 Å². The summed E-state index contributed by atoms with van der Waals surface area (Å²) in [5.74, 6) is -0.166. The summed E-state index contributed by atoms with van der Waals surface area (Å²) in [5, 5.41) is 12.6. The van der Waals surface area contributed by atoms with Gasteiger partial charge in [0.25, 0.3) is 0 Å². The van der Waals surface area contributed by atoms with Gasteiger partial charge in [-0.05, 0) is 59.1 Å². The van der Waals surface area contributed by atoms with Gasteiger partial charge in [-0.25, -0.2) is 0 Å². The molecule has 1 saturated heterocycles. The maximum atomic E-state index is 10.5. The Morgan fingerprint density at radius 2 is 1.92 bits per heavy atom. The summed E-state index contributed by atoms with van der Waals surface area (Å²) in [6.07, 6.45) is 6.96. The lowest BCUT2D eigenvalue weighted by molar-refractivity contribution is -0.125. The highest BCUT2D eigenvalue weighted by Gasteiger charge is 2.43. The smallest absolute Gasteiger partial charge is 0.195 e. The molecular weight excluding hydrogens is 300 g/mol. The molecule has 2 aliphatic carbocycles. The quantitative estimate of drug-likeness (QED) is 0.788. The fraction of sp³-hybridized carbons (Fsp3) is 0.333. The van der Waals surface area contributed by atoms with E-state index in [1.807, 2.05) is 13.0 Å². The molecule has 1 fully saturated rings. The molecule has 0 aromatic heterocycles. The van der Waals surface area contributed by atoms with Crippen LogP contribution in [0, 0.1) is 6.92 Å². The average molecular weight is 320 g/mol. The Labute approximate surface area is 141 Å². The molecule has 0 atom stereocenters. The number of aryl methyl sites for hydroxylation is 2. The van der Waals surface area contributed by atoms with Gasteiger partial charge in [0.05, 0.1) is 13.2 Å². The van der Waals surface area contributed by atoms with E-state index in [2.05, 4.69) is 30.4 Å². The van der Waals surface area contributed by atoms with E-state index in [0.717, 1.165) is 35.6 Å².